The van der Waals surface area contributed by atoms with Crippen LogP contribution < -0.4 is 10.4 Å². The van der Waals surface area contributed by atoms with Gasteiger partial charge in [-0.3, -0.25) is 10.2 Å². The summed E-state index contributed by atoms with van der Waals surface area (Å²) in [5.41, 5.74) is 9.09. The summed E-state index contributed by atoms with van der Waals surface area (Å²) >= 11 is 0. The summed E-state index contributed by atoms with van der Waals surface area (Å²) < 4.78 is 5.04. The van der Waals surface area contributed by atoms with Gasteiger partial charge in [-0.1, -0.05) is 30.3 Å². The normalized spacial score (nSPS) is 15.2. The van der Waals surface area contributed by atoms with E-state index >= 15 is 0 Å². The molecule has 0 saturated carbocycles. The summed E-state index contributed by atoms with van der Waals surface area (Å²) in [6, 6.07) is 15.9. The molecule has 0 aliphatic carbocycles. The Morgan fingerprint density at radius 2 is 1.73 bits per heavy atom. The molecule has 1 unspecified atom stereocenters. The molecule has 0 spiro atoms. The molecule has 3 aromatic carbocycles. The van der Waals surface area contributed by atoms with Crippen molar-refractivity contribution >= 4 is 34.7 Å². The lowest BCUT2D eigenvalue weighted by atomic mass is 9.98. The van der Waals surface area contributed by atoms with E-state index in [2.05, 4.69) is 15.6 Å². The number of nitrogens with one attached hydrogen (secondary N) is 1. The fourth-order valence-corrected chi connectivity index (χ4v) is 4.08. The van der Waals surface area contributed by atoms with E-state index in [1.807, 2.05) is 45.0 Å². The lowest BCUT2D eigenvalue weighted by molar-refractivity contribution is -0.148. The number of aryl methyl sites for hydroxylation is 3. The van der Waals surface area contributed by atoms with Gasteiger partial charge in [0.05, 0.1) is 17.1 Å². The maximum Gasteiger partial charge on any atom is 0.337 e. The second kappa shape index (κ2) is 10.2. The zero-order valence-corrected chi connectivity index (χ0v) is 21.2. The van der Waals surface area contributed by atoms with Crippen LogP contribution in [0.15, 0.2) is 64.8 Å². The number of anilines is 2. The Balaban J connectivity index is 1.60. The number of carbonyl (C=O) groups is 2. The summed E-state index contributed by atoms with van der Waals surface area (Å²) in [4.78, 5) is 24.4. The lowest BCUT2D eigenvalue weighted by Gasteiger charge is -2.14. The van der Waals surface area contributed by atoms with Crippen molar-refractivity contribution in [3.63, 3.8) is 0 Å². The number of benzene rings is 3. The molecule has 0 radical (unpaired) electrons. The van der Waals surface area contributed by atoms with E-state index in [1.165, 1.54) is 12.1 Å². The number of nitrogens with zero attached hydrogens (tertiary/aromatic N) is 3. The molecule has 4 rings (SSSR count). The quantitative estimate of drug-likeness (QED) is 0.312. The van der Waals surface area contributed by atoms with Crippen LogP contribution in [0.2, 0.25) is 0 Å². The van der Waals surface area contributed by atoms with E-state index in [0.717, 1.165) is 16.7 Å². The topological polar surface area (TPSA) is 124 Å². The summed E-state index contributed by atoms with van der Waals surface area (Å²) in [5, 5.41) is 30.3. The average molecular weight is 501 g/mol. The first-order valence-electron chi connectivity index (χ1n) is 11.6. The minimum Gasteiger partial charge on any atom is -0.505 e. The zero-order chi connectivity index (χ0) is 26.9. The Hall–Kier alpha value is -4.50. The van der Waals surface area contributed by atoms with Gasteiger partial charge < -0.3 is 14.9 Å². The van der Waals surface area contributed by atoms with Crippen LogP contribution in [0.25, 0.3) is 11.1 Å². The summed E-state index contributed by atoms with van der Waals surface area (Å²) in [6.07, 6.45) is -1.08. The van der Waals surface area contributed by atoms with Crippen molar-refractivity contribution in [2.75, 3.05) is 17.5 Å². The summed E-state index contributed by atoms with van der Waals surface area (Å²) in [5.74, 6) is -1.52. The second-order valence-electron chi connectivity index (χ2n) is 8.93. The number of hydrogen-bond acceptors (Lipinski definition) is 7. The number of phenols is 1. The minimum absolute atomic E-state index is 0.0599. The number of amides is 1. The fourth-order valence-electron chi connectivity index (χ4n) is 4.08. The molecule has 1 aliphatic rings. The van der Waals surface area contributed by atoms with Crippen molar-refractivity contribution in [3.8, 4) is 16.9 Å². The van der Waals surface area contributed by atoms with Crippen molar-refractivity contribution < 1.29 is 24.5 Å². The highest BCUT2D eigenvalue weighted by Crippen LogP contribution is 2.37. The zero-order valence-electron chi connectivity index (χ0n) is 21.2. The van der Waals surface area contributed by atoms with Crippen molar-refractivity contribution in [1.29, 1.82) is 0 Å². The number of phenolic OH excluding ortho intramolecular Hbond substituents is 1. The van der Waals surface area contributed by atoms with Gasteiger partial charge in [0.15, 0.2) is 11.8 Å². The van der Waals surface area contributed by atoms with Gasteiger partial charge in [0.1, 0.15) is 5.75 Å². The van der Waals surface area contributed by atoms with Gasteiger partial charge in [0.25, 0.3) is 0 Å². The third-order valence-corrected chi connectivity index (χ3v) is 6.25. The fraction of sp³-hybridized carbons (Fsp3) is 0.214. The molecule has 0 aromatic heterocycles. The summed E-state index contributed by atoms with van der Waals surface area (Å²) in [6.45, 7) is 7.54. The third kappa shape index (κ3) is 5.07. The van der Waals surface area contributed by atoms with Crippen LogP contribution in [0.5, 0.6) is 5.75 Å². The molecule has 37 heavy (non-hydrogen) atoms. The maximum atomic E-state index is 13.1. The molecular formula is C28H28N4O5. The molecule has 190 valence electrons. The van der Waals surface area contributed by atoms with E-state index in [0.29, 0.717) is 33.8 Å². The average Bonchev–Trinajstić information content (AvgIpc) is 3.15. The molecule has 3 N–H and O–H groups in total. The Labute approximate surface area is 214 Å². The van der Waals surface area contributed by atoms with Gasteiger partial charge in [-0.05, 0) is 79.8 Å². The van der Waals surface area contributed by atoms with Crippen molar-refractivity contribution in [1.82, 2.24) is 0 Å². The largest absolute Gasteiger partial charge is 0.505 e. The lowest BCUT2D eigenvalue weighted by Crippen LogP contribution is -2.28. The molecule has 0 saturated heterocycles. The van der Waals surface area contributed by atoms with Crippen molar-refractivity contribution in [3.05, 3.63) is 76.9 Å². The third-order valence-electron chi connectivity index (χ3n) is 6.25. The number of aromatic hydroxyl groups is 1. The van der Waals surface area contributed by atoms with E-state index in [9.17, 15) is 19.8 Å². The Bertz CT molecular complexity index is 1440. The molecule has 1 atom stereocenters. The van der Waals surface area contributed by atoms with E-state index in [-0.39, 0.29) is 17.4 Å². The molecular weight excluding hydrogens is 472 g/mol. The molecule has 9 heteroatoms. The van der Waals surface area contributed by atoms with Crippen molar-refractivity contribution in [2.24, 2.45) is 10.2 Å². The van der Waals surface area contributed by atoms with E-state index in [1.54, 1.807) is 37.3 Å². The van der Waals surface area contributed by atoms with Gasteiger partial charge in [-0.2, -0.15) is 15.2 Å². The molecule has 1 heterocycles. The molecule has 3 aromatic rings. The van der Waals surface area contributed by atoms with Crippen LogP contribution >= 0.6 is 0 Å². The number of methoxy groups -OCH3 is 1. The highest BCUT2D eigenvalue weighted by Gasteiger charge is 2.31. The van der Waals surface area contributed by atoms with Crippen LogP contribution in [0.1, 0.15) is 35.3 Å². The highest BCUT2D eigenvalue weighted by molar-refractivity contribution is 6.71. The Morgan fingerprint density at radius 1 is 1.03 bits per heavy atom. The molecule has 1 aliphatic heterocycles. The molecule has 9 nitrogen and oxygen atoms in total. The maximum absolute atomic E-state index is 13.1. The highest BCUT2D eigenvalue weighted by atomic mass is 16.5. The molecule has 1 amide bonds. The number of carbonyl (C=O) groups excluding carboxylic acids is 1. The first-order chi connectivity index (χ1) is 17.6. The van der Waals surface area contributed by atoms with Gasteiger partial charge in [-0.15, -0.1) is 0 Å². The standard InChI is InChI=1S/C28H28N4O5/c1-15-12-22(19-7-9-20(10-8-19)26(37-5)28(35)36)25(33)23(13-15)29-30-24-18(4)31-32(27(24)34)21-11-6-16(2)17(3)14-21/h6-14,26,29,33H,1-5H3,(H,35,36)/b30-24-. The van der Waals surface area contributed by atoms with E-state index in [4.69, 9.17) is 4.74 Å². The smallest absolute Gasteiger partial charge is 0.337 e. The van der Waals surface area contributed by atoms with Crippen LogP contribution in [-0.4, -0.2) is 40.6 Å². The van der Waals surface area contributed by atoms with Crippen LogP contribution in [0.3, 0.4) is 0 Å². The predicted octanol–water partition coefficient (Wildman–Crippen LogP) is 4.95. The van der Waals surface area contributed by atoms with Gasteiger partial charge >= 0.3 is 11.9 Å². The number of carboxylic acids is 1. The number of rotatable bonds is 7. The minimum atomic E-state index is -1.09. The number of carboxylic acid groups (broad SMARTS) is 1. The molecule has 0 bridgehead atoms. The second-order valence-corrected chi connectivity index (χ2v) is 8.93. The number of hydrogen-bond donors (Lipinski definition) is 3. The predicted molar refractivity (Wildman–Crippen MR) is 143 cm³/mol. The van der Waals surface area contributed by atoms with Crippen LogP contribution in [0, 0.1) is 20.8 Å². The van der Waals surface area contributed by atoms with Gasteiger partial charge in [0, 0.05) is 12.7 Å². The Morgan fingerprint density at radius 3 is 2.35 bits per heavy atom. The first kappa shape index (κ1) is 25.6. The number of aliphatic carboxylic acids is 1. The SMILES string of the molecule is COC(C(=O)O)c1ccc(-c2cc(C)cc(N/N=C3\C(=O)N(c4ccc(C)c(C)c4)N=C3C)c2O)cc1. The van der Waals surface area contributed by atoms with E-state index < -0.39 is 12.1 Å². The van der Waals surface area contributed by atoms with Crippen LogP contribution in [0.4, 0.5) is 11.4 Å². The van der Waals surface area contributed by atoms with Gasteiger partial charge in [0.2, 0.25) is 0 Å². The number of hydrazone groups is 2. The van der Waals surface area contributed by atoms with Crippen LogP contribution in [-0.2, 0) is 14.3 Å². The van der Waals surface area contributed by atoms with Crippen molar-refractivity contribution in [2.45, 2.75) is 33.8 Å². The summed E-state index contributed by atoms with van der Waals surface area (Å²) in [7, 11) is 1.33. The Kier molecular flexibility index (Phi) is 7.08. The van der Waals surface area contributed by atoms with Gasteiger partial charge in [-0.25, -0.2) is 4.79 Å². The molecule has 0 fully saturated rings. The monoisotopic (exact) mass is 500 g/mol. The first-order valence-corrected chi connectivity index (χ1v) is 11.6. The number of ether oxygens (including phenoxy) is 1.